The Morgan fingerprint density at radius 2 is 2.18 bits per heavy atom. The zero-order chi connectivity index (χ0) is 12.3. The second-order valence-corrected chi connectivity index (χ2v) is 4.85. The standard InChI is InChI=1S/C13H20N4/c1-10(2)5-4-7-14-13-12-11(6-8-15-13)17(3)9-16-12/h6,8-10H,4-5,7H2,1-3H3,(H,14,15). The third kappa shape index (κ3) is 2.75. The van der Waals surface area contributed by atoms with Gasteiger partial charge in [0, 0.05) is 19.8 Å². The lowest BCUT2D eigenvalue weighted by Gasteiger charge is -2.07. The summed E-state index contributed by atoms with van der Waals surface area (Å²) in [6.07, 6.45) is 6.06. The van der Waals surface area contributed by atoms with Crippen molar-refractivity contribution in [1.29, 1.82) is 0 Å². The van der Waals surface area contributed by atoms with Crippen molar-refractivity contribution in [2.75, 3.05) is 11.9 Å². The molecule has 0 fully saturated rings. The van der Waals surface area contributed by atoms with Crippen LogP contribution in [0.3, 0.4) is 0 Å². The maximum absolute atomic E-state index is 4.37. The Morgan fingerprint density at radius 1 is 1.35 bits per heavy atom. The summed E-state index contributed by atoms with van der Waals surface area (Å²) in [6, 6.07) is 1.99. The lowest BCUT2D eigenvalue weighted by molar-refractivity contribution is 0.567. The van der Waals surface area contributed by atoms with Gasteiger partial charge in [0.1, 0.15) is 5.52 Å². The van der Waals surface area contributed by atoms with Gasteiger partial charge in [-0.25, -0.2) is 9.97 Å². The summed E-state index contributed by atoms with van der Waals surface area (Å²) in [5.74, 6) is 1.65. The maximum Gasteiger partial charge on any atom is 0.154 e. The Bertz CT molecular complexity index is 487. The summed E-state index contributed by atoms with van der Waals surface area (Å²) in [4.78, 5) is 8.72. The largest absolute Gasteiger partial charge is 0.368 e. The van der Waals surface area contributed by atoms with Crippen LogP contribution >= 0.6 is 0 Å². The van der Waals surface area contributed by atoms with E-state index in [9.17, 15) is 0 Å². The zero-order valence-electron chi connectivity index (χ0n) is 10.8. The lowest BCUT2D eigenvalue weighted by atomic mass is 10.1. The van der Waals surface area contributed by atoms with E-state index in [4.69, 9.17) is 0 Å². The van der Waals surface area contributed by atoms with Gasteiger partial charge in [-0.1, -0.05) is 13.8 Å². The molecular weight excluding hydrogens is 212 g/mol. The average Bonchev–Trinajstić information content (AvgIpc) is 2.67. The Balaban J connectivity index is 2.03. The number of imidazole rings is 1. The third-order valence-corrected chi connectivity index (χ3v) is 2.89. The van der Waals surface area contributed by atoms with Crippen LogP contribution in [-0.4, -0.2) is 21.1 Å². The molecule has 2 aromatic rings. The second kappa shape index (κ2) is 5.17. The SMILES string of the molecule is CC(C)CCCNc1nccc2c1ncn2C. The number of rotatable bonds is 5. The van der Waals surface area contributed by atoms with E-state index in [0.717, 1.165) is 29.3 Å². The van der Waals surface area contributed by atoms with Crippen molar-refractivity contribution in [3.05, 3.63) is 18.6 Å². The quantitative estimate of drug-likeness (QED) is 0.806. The van der Waals surface area contributed by atoms with Crippen LogP contribution < -0.4 is 5.32 Å². The Kier molecular flexibility index (Phi) is 3.61. The highest BCUT2D eigenvalue weighted by molar-refractivity contribution is 5.85. The van der Waals surface area contributed by atoms with Crippen molar-refractivity contribution in [1.82, 2.24) is 14.5 Å². The van der Waals surface area contributed by atoms with E-state index < -0.39 is 0 Å². The Labute approximate surface area is 102 Å². The highest BCUT2D eigenvalue weighted by Crippen LogP contribution is 2.18. The first-order valence-electron chi connectivity index (χ1n) is 6.18. The topological polar surface area (TPSA) is 42.7 Å². The predicted molar refractivity (Wildman–Crippen MR) is 71.1 cm³/mol. The van der Waals surface area contributed by atoms with Gasteiger partial charge in [-0.3, -0.25) is 0 Å². The third-order valence-electron chi connectivity index (χ3n) is 2.89. The zero-order valence-corrected chi connectivity index (χ0v) is 10.8. The summed E-state index contributed by atoms with van der Waals surface area (Å²) in [5, 5.41) is 3.37. The van der Waals surface area contributed by atoms with Gasteiger partial charge < -0.3 is 9.88 Å². The van der Waals surface area contributed by atoms with E-state index in [2.05, 4.69) is 29.1 Å². The van der Waals surface area contributed by atoms with Gasteiger partial charge in [0.2, 0.25) is 0 Å². The molecule has 0 aromatic carbocycles. The van der Waals surface area contributed by atoms with Crippen LogP contribution in [0.4, 0.5) is 5.82 Å². The summed E-state index contributed by atoms with van der Waals surface area (Å²) in [5.41, 5.74) is 2.07. The first-order valence-corrected chi connectivity index (χ1v) is 6.18. The second-order valence-electron chi connectivity index (χ2n) is 4.85. The van der Waals surface area contributed by atoms with E-state index >= 15 is 0 Å². The lowest BCUT2D eigenvalue weighted by Crippen LogP contribution is -2.05. The molecule has 0 saturated carbocycles. The minimum atomic E-state index is 0.760. The highest BCUT2D eigenvalue weighted by Gasteiger charge is 2.05. The van der Waals surface area contributed by atoms with Gasteiger partial charge in [-0.05, 0) is 24.8 Å². The minimum absolute atomic E-state index is 0.760. The van der Waals surface area contributed by atoms with Gasteiger partial charge in [0.05, 0.1) is 11.8 Å². The number of hydrogen-bond donors (Lipinski definition) is 1. The van der Waals surface area contributed by atoms with Gasteiger partial charge >= 0.3 is 0 Å². The summed E-state index contributed by atoms with van der Waals surface area (Å²) in [6.45, 7) is 5.45. The van der Waals surface area contributed by atoms with Crippen LogP contribution in [0, 0.1) is 5.92 Å². The van der Waals surface area contributed by atoms with Crippen molar-refractivity contribution in [2.24, 2.45) is 13.0 Å². The van der Waals surface area contributed by atoms with E-state index in [-0.39, 0.29) is 0 Å². The van der Waals surface area contributed by atoms with Crippen LogP contribution in [0.5, 0.6) is 0 Å². The van der Waals surface area contributed by atoms with E-state index in [1.165, 1.54) is 12.8 Å². The first kappa shape index (κ1) is 11.9. The molecule has 0 bridgehead atoms. The van der Waals surface area contributed by atoms with Crippen molar-refractivity contribution in [2.45, 2.75) is 26.7 Å². The molecule has 0 spiro atoms. The average molecular weight is 232 g/mol. The molecule has 2 aromatic heterocycles. The number of pyridine rings is 1. The molecule has 4 heteroatoms. The molecule has 0 unspecified atom stereocenters. The van der Waals surface area contributed by atoms with E-state index in [1.54, 1.807) is 0 Å². The maximum atomic E-state index is 4.37. The number of nitrogens with zero attached hydrogens (tertiary/aromatic N) is 3. The van der Waals surface area contributed by atoms with E-state index in [1.807, 2.05) is 30.2 Å². The van der Waals surface area contributed by atoms with Crippen molar-refractivity contribution < 1.29 is 0 Å². The number of nitrogens with one attached hydrogen (secondary N) is 1. The molecule has 2 heterocycles. The number of aromatic nitrogens is 3. The Hall–Kier alpha value is -1.58. The number of anilines is 1. The molecular formula is C13H20N4. The van der Waals surface area contributed by atoms with Crippen LogP contribution in [0.1, 0.15) is 26.7 Å². The molecule has 0 aliphatic rings. The monoisotopic (exact) mass is 232 g/mol. The summed E-state index contributed by atoms with van der Waals surface area (Å²) < 4.78 is 2.01. The van der Waals surface area contributed by atoms with Gasteiger partial charge in [0.15, 0.2) is 5.82 Å². The summed E-state index contributed by atoms with van der Waals surface area (Å²) in [7, 11) is 2.00. The minimum Gasteiger partial charge on any atom is -0.368 e. The molecule has 4 nitrogen and oxygen atoms in total. The van der Waals surface area contributed by atoms with Gasteiger partial charge in [-0.15, -0.1) is 0 Å². The van der Waals surface area contributed by atoms with Crippen molar-refractivity contribution in [3.63, 3.8) is 0 Å². The van der Waals surface area contributed by atoms with Crippen LogP contribution in [-0.2, 0) is 7.05 Å². The fourth-order valence-electron chi connectivity index (χ4n) is 1.91. The molecule has 2 rings (SSSR count). The van der Waals surface area contributed by atoms with Crippen LogP contribution in [0.25, 0.3) is 11.0 Å². The highest BCUT2D eigenvalue weighted by atomic mass is 15.1. The van der Waals surface area contributed by atoms with Gasteiger partial charge in [0.25, 0.3) is 0 Å². The van der Waals surface area contributed by atoms with Crippen LogP contribution in [0.2, 0.25) is 0 Å². The summed E-state index contributed by atoms with van der Waals surface area (Å²) >= 11 is 0. The first-order chi connectivity index (χ1) is 8.18. The van der Waals surface area contributed by atoms with E-state index in [0.29, 0.717) is 0 Å². The van der Waals surface area contributed by atoms with Crippen molar-refractivity contribution in [3.8, 4) is 0 Å². The molecule has 0 radical (unpaired) electrons. The molecule has 1 N–H and O–H groups in total. The molecule has 92 valence electrons. The fraction of sp³-hybridized carbons (Fsp3) is 0.538. The molecule has 0 saturated heterocycles. The smallest absolute Gasteiger partial charge is 0.154 e. The van der Waals surface area contributed by atoms with Crippen LogP contribution in [0.15, 0.2) is 18.6 Å². The number of hydrogen-bond acceptors (Lipinski definition) is 3. The molecule has 17 heavy (non-hydrogen) atoms. The molecule has 0 aliphatic carbocycles. The Morgan fingerprint density at radius 3 is 2.94 bits per heavy atom. The van der Waals surface area contributed by atoms with Gasteiger partial charge in [-0.2, -0.15) is 0 Å². The number of aryl methyl sites for hydroxylation is 1. The molecule has 0 amide bonds. The normalized spacial score (nSPS) is 11.3. The van der Waals surface area contributed by atoms with Crippen molar-refractivity contribution >= 4 is 16.9 Å². The predicted octanol–water partition coefficient (Wildman–Crippen LogP) is 2.82. The fourth-order valence-corrected chi connectivity index (χ4v) is 1.91. The molecule has 0 aliphatic heterocycles. The number of fused-ring (bicyclic) bond motifs is 1. The molecule has 0 atom stereocenters.